The predicted molar refractivity (Wildman–Crippen MR) is 57.2 cm³/mol. The van der Waals surface area contributed by atoms with E-state index in [0.29, 0.717) is 5.92 Å². The van der Waals surface area contributed by atoms with Gasteiger partial charge in [-0.25, -0.2) is 14.8 Å². The second kappa shape index (κ2) is 3.54. The SMILES string of the molecule is O=C(O)c1cnc(C2CC3CCC2C3)nc1. The Morgan fingerprint density at radius 3 is 2.50 bits per heavy atom. The molecular formula is C12H14N2O2. The van der Waals surface area contributed by atoms with Crippen molar-refractivity contribution >= 4 is 5.97 Å². The molecule has 2 aliphatic carbocycles. The molecule has 2 bridgehead atoms. The van der Waals surface area contributed by atoms with Gasteiger partial charge in [0.1, 0.15) is 5.82 Å². The van der Waals surface area contributed by atoms with Crippen LogP contribution in [0.25, 0.3) is 0 Å². The minimum absolute atomic E-state index is 0.173. The Morgan fingerprint density at radius 1 is 1.25 bits per heavy atom. The second-order valence-corrected chi connectivity index (χ2v) is 4.92. The number of rotatable bonds is 2. The molecule has 2 fully saturated rings. The molecular weight excluding hydrogens is 204 g/mol. The van der Waals surface area contributed by atoms with Crippen molar-refractivity contribution in [3.8, 4) is 0 Å². The molecule has 3 unspecified atom stereocenters. The molecule has 0 spiro atoms. The highest BCUT2D eigenvalue weighted by molar-refractivity contribution is 5.86. The highest BCUT2D eigenvalue weighted by Gasteiger charge is 2.41. The number of carboxylic acid groups (broad SMARTS) is 1. The van der Waals surface area contributed by atoms with E-state index >= 15 is 0 Å². The maximum Gasteiger partial charge on any atom is 0.338 e. The lowest BCUT2D eigenvalue weighted by molar-refractivity contribution is 0.0696. The summed E-state index contributed by atoms with van der Waals surface area (Å²) >= 11 is 0. The monoisotopic (exact) mass is 218 g/mol. The number of aromatic carboxylic acids is 1. The summed E-state index contributed by atoms with van der Waals surface area (Å²) in [6.07, 6.45) is 8.01. The molecule has 2 saturated carbocycles. The van der Waals surface area contributed by atoms with Crippen LogP contribution in [0.15, 0.2) is 12.4 Å². The van der Waals surface area contributed by atoms with Crippen molar-refractivity contribution in [1.82, 2.24) is 9.97 Å². The molecule has 0 amide bonds. The van der Waals surface area contributed by atoms with E-state index in [4.69, 9.17) is 5.11 Å². The van der Waals surface area contributed by atoms with E-state index in [2.05, 4.69) is 9.97 Å². The van der Waals surface area contributed by atoms with Crippen molar-refractivity contribution in [2.75, 3.05) is 0 Å². The van der Waals surface area contributed by atoms with Crippen molar-refractivity contribution in [2.24, 2.45) is 11.8 Å². The Balaban J connectivity index is 1.82. The predicted octanol–water partition coefficient (Wildman–Crippen LogP) is 2.08. The van der Waals surface area contributed by atoms with Gasteiger partial charge in [-0.05, 0) is 31.1 Å². The number of aromatic nitrogens is 2. The quantitative estimate of drug-likeness (QED) is 0.825. The van der Waals surface area contributed by atoms with Crippen LogP contribution in [0.3, 0.4) is 0 Å². The fraction of sp³-hybridized carbons (Fsp3) is 0.583. The van der Waals surface area contributed by atoms with Gasteiger partial charge in [0.25, 0.3) is 0 Å². The maximum absolute atomic E-state index is 10.7. The van der Waals surface area contributed by atoms with Gasteiger partial charge < -0.3 is 5.11 Å². The molecule has 4 nitrogen and oxygen atoms in total. The van der Waals surface area contributed by atoms with Gasteiger partial charge >= 0.3 is 5.97 Å². The lowest BCUT2D eigenvalue weighted by Crippen LogP contribution is -2.12. The smallest absolute Gasteiger partial charge is 0.338 e. The minimum atomic E-state index is -0.959. The zero-order valence-corrected chi connectivity index (χ0v) is 8.97. The molecule has 1 heterocycles. The number of nitrogens with zero attached hydrogens (tertiary/aromatic N) is 2. The molecule has 0 aromatic carbocycles. The van der Waals surface area contributed by atoms with Gasteiger partial charge in [-0.2, -0.15) is 0 Å². The number of hydrogen-bond donors (Lipinski definition) is 1. The van der Waals surface area contributed by atoms with E-state index in [9.17, 15) is 4.79 Å². The van der Waals surface area contributed by atoms with Crippen LogP contribution >= 0.6 is 0 Å². The summed E-state index contributed by atoms with van der Waals surface area (Å²) < 4.78 is 0. The highest BCUT2D eigenvalue weighted by atomic mass is 16.4. The average molecular weight is 218 g/mol. The Hall–Kier alpha value is -1.45. The van der Waals surface area contributed by atoms with Crippen LogP contribution in [0.5, 0.6) is 0 Å². The summed E-state index contributed by atoms with van der Waals surface area (Å²) in [4.78, 5) is 19.1. The first-order chi connectivity index (χ1) is 7.74. The van der Waals surface area contributed by atoms with Crippen molar-refractivity contribution in [3.05, 3.63) is 23.8 Å². The Bertz CT molecular complexity index is 416. The number of fused-ring (bicyclic) bond motifs is 2. The lowest BCUT2D eigenvalue weighted by Gasteiger charge is -2.19. The summed E-state index contributed by atoms with van der Waals surface area (Å²) in [5.41, 5.74) is 0.173. The van der Waals surface area contributed by atoms with Crippen LogP contribution < -0.4 is 0 Å². The summed E-state index contributed by atoms with van der Waals surface area (Å²) in [5, 5.41) is 8.77. The lowest BCUT2D eigenvalue weighted by atomic mass is 9.88. The summed E-state index contributed by atoms with van der Waals surface area (Å²) in [6.45, 7) is 0. The van der Waals surface area contributed by atoms with Gasteiger partial charge in [-0.1, -0.05) is 6.42 Å². The zero-order chi connectivity index (χ0) is 11.1. The molecule has 4 heteroatoms. The van der Waals surface area contributed by atoms with Crippen LogP contribution in [0.4, 0.5) is 0 Å². The van der Waals surface area contributed by atoms with Crippen molar-refractivity contribution in [2.45, 2.75) is 31.6 Å². The first kappa shape index (κ1) is 9.75. The van der Waals surface area contributed by atoms with Gasteiger partial charge in [0.2, 0.25) is 0 Å². The third kappa shape index (κ3) is 1.49. The van der Waals surface area contributed by atoms with E-state index in [1.54, 1.807) is 0 Å². The summed E-state index contributed by atoms with van der Waals surface area (Å²) in [7, 11) is 0. The first-order valence-corrected chi connectivity index (χ1v) is 5.79. The molecule has 0 radical (unpaired) electrons. The second-order valence-electron chi connectivity index (χ2n) is 4.92. The van der Waals surface area contributed by atoms with Gasteiger partial charge in [0, 0.05) is 18.3 Å². The van der Waals surface area contributed by atoms with Crippen molar-refractivity contribution in [1.29, 1.82) is 0 Å². The fourth-order valence-electron chi connectivity index (χ4n) is 3.20. The average Bonchev–Trinajstić information content (AvgIpc) is 2.91. The number of carboxylic acids is 1. The Morgan fingerprint density at radius 2 is 2.00 bits per heavy atom. The summed E-state index contributed by atoms with van der Waals surface area (Å²) in [6, 6.07) is 0. The van der Waals surface area contributed by atoms with Gasteiger partial charge in [-0.15, -0.1) is 0 Å². The van der Waals surface area contributed by atoms with Crippen LogP contribution in [0, 0.1) is 11.8 Å². The van der Waals surface area contributed by atoms with Crippen LogP contribution in [-0.2, 0) is 0 Å². The fourth-order valence-corrected chi connectivity index (χ4v) is 3.20. The topological polar surface area (TPSA) is 63.1 Å². The molecule has 84 valence electrons. The maximum atomic E-state index is 10.7. The molecule has 0 aliphatic heterocycles. The van der Waals surface area contributed by atoms with Crippen LogP contribution in [0.1, 0.15) is 47.8 Å². The third-order valence-corrected chi connectivity index (χ3v) is 3.99. The van der Waals surface area contributed by atoms with Crippen LogP contribution in [0.2, 0.25) is 0 Å². The van der Waals surface area contributed by atoms with Gasteiger partial charge in [0.05, 0.1) is 5.56 Å². The van der Waals surface area contributed by atoms with E-state index in [1.165, 1.54) is 38.1 Å². The molecule has 1 aromatic heterocycles. The van der Waals surface area contributed by atoms with Crippen LogP contribution in [-0.4, -0.2) is 21.0 Å². The highest BCUT2D eigenvalue weighted by Crippen LogP contribution is 2.51. The van der Waals surface area contributed by atoms with Crippen molar-refractivity contribution in [3.63, 3.8) is 0 Å². The number of carbonyl (C=O) groups is 1. The van der Waals surface area contributed by atoms with E-state index in [0.717, 1.165) is 17.7 Å². The Labute approximate surface area is 93.7 Å². The molecule has 1 aromatic rings. The van der Waals surface area contributed by atoms with Crippen molar-refractivity contribution < 1.29 is 9.90 Å². The molecule has 3 atom stereocenters. The van der Waals surface area contributed by atoms with E-state index in [1.807, 2.05) is 0 Å². The molecule has 16 heavy (non-hydrogen) atoms. The Kier molecular flexibility index (Phi) is 2.16. The van der Waals surface area contributed by atoms with Gasteiger partial charge in [0.15, 0.2) is 0 Å². The zero-order valence-electron chi connectivity index (χ0n) is 8.97. The molecule has 3 rings (SSSR count). The molecule has 0 saturated heterocycles. The molecule has 1 N–H and O–H groups in total. The normalized spacial score (nSPS) is 31.9. The standard InChI is InChI=1S/C12H14N2O2/c15-12(16)9-5-13-11(14-6-9)10-4-7-1-2-8(10)3-7/h5-8,10H,1-4H2,(H,15,16). The molecule has 2 aliphatic rings. The summed E-state index contributed by atoms with van der Waals surface area (Å²) in [5.74, 6) is 1.96. The van der Waals surface area contributed by atoms with E-state index < -0.39 is 5.97 Å². The number of hydrogen-bond acceptors (Lipinski definition) is 3. The van der Waals surface area contributed by atoms with Gasteiger partial charge in [-0.3, -0.25) is 0 Å². The first-order valence-electron chi connectivity index (χ1n) is 5.79. The van der Waals surface area contributed by atoms with E-state index in [-0.39, 0.29) is 5.56 Å². The minimum Gasteiger partial charge on any atom is -0.478 e. The third-order valence-electron chi connectivity index (χ3n) is 3.99. The largest absolute Gasteiger partial charge is 0.478 e.